The maximum absolute atomic E-state index is 6.19. The number of hydrogen-bond donors (Lipinski definition) is 1. The molecule has 2 N–H and O–H groups in total. The van der Waals surface area contributed by atoms with Crippen molar-refractivity contribution in [2.45, 2.75) is 6.04 Å². The Kier molecular flexibility index (Phi) is 4.24. The number of hydrogen-bond acceptors (Lipinski definition) is 4. The highest BCUT2D eigenvalue weighted by Gasteiger charge is 2.15. The summed E-state index contributed by atoms with van der Waals surface area (Å²) in [4.78, 5) is 4.22. The second-order valence-electron chi connectivity index (χ2n) is 3.96. The van der Waals surface area contributed by atoms with Gasteiger partial charge in [-0.15, -0.1) is 0 Å². The van der Waals surface area contributed by atoms with Gasteiger partial charge in [-0.3, -0.25) is 4.98 Å². The van der Waals surface area contributed by atoms with Crippen molar-refractivity contribution in [1.29, 1.82) is 0 Å². The fourth-order valence-electron chi connectivity index (χ4n) is 1.83. The van der Waals surface area contributed by atoms with Crippen LogP contribution in [-0.4, -0.2) is 19.2 Å². The molecule has 1 unspecified atom stereocenters. The second-order valence-corrected chi connectivity index (χ2v) is 4.37. The molecular formula is C14H15ClN2O2. The van der Waals surface area contributed by atoms with E-state index in [2.05, 4.69) is 4.98 Å². The highest BCUT2D eigenvalue weighted by atomic mass is 35.5. The van der Waals surface area contributed by atoms with E-state index in [0.717, 1.165) is 5.56 Å². The Morgan fingerprint density at radius 3 is 2.53 bits per heavy atom. The molecule has 19 heavy (non-hydrogen) atoms. The molecule has 0 aliphatic heterocycles. The first-order valence-electron chi connectivity index (χ1n) is 5.75. The number of aromatic nitrogens is 1. The van der Waals surface area contributed by atoms with Crippen LogP contribution in [0.1, 0.15) is 17.3 Å². The largest absolute Gasteiger partial charge is 0.493 e. The summed E-state index contributed by atoms with van der Waals surface area (Å²) in [7, 11) is 3.17. The lowest BCUT2D eigenvalue weighted by Gasteiger charge is -2.15. The fraction of sp³-hybridized carbons (Fsp3) is 0.214. The second kappa shape index (κ2) is 5.91. The quantitative estimate of drug-likeness (QED) is 0.934. The topological polar surface area (TPSA) is 57.4 Å². The summed E-state index contributed by atoms with van der Waals surface area (Å²) in [6.45, 7) is 0. The Hall–Kier alpha value is -1.78. The molecule has 0 aliphatic rings. The number of halogens is 1. The van der Waals surface area contributed by atoms with E-state index in [-0.39, 0.29) is 0 Å². The lowest BCUT2D eigenvalue weighted by Crippen LogP contribution is -2.14. The number of ether oxygens (including phenoxy) is 2. The van der Waals surface area contributed by atoms with Gasteiger partial charge in [0.2, 0.25) is 0 Å². The van der Waals surface area contributed by atoms with E-state index >= 15 is 0 Å². The maximum atomic E-state index is 6.19. The zero-order valence-corrected chi connectivity index (χ0v) is 11.5. The summed E-state index contributed by atoms with van der Waals surface area (Å²) < 4.78 is 10.5. The molecule has 100 valence electrons. The van der Waals surface area contributed by atoms with Crippen molar-refractivity contribution in [1.82, 2.24) is 4.98 Å². The lowest BCUT2D eigenvalue weighted by atomic mass is 10.0. The van der Waals surface area contributed by atoms with Crippen LogP contribution in [0.4, 0.5) is 0 Å². The van der Waals surface area contributed by atoms with Crippen LogP contribution in [0.2, 0.25) is 5.02 Å². The number of benzene rings is 1. The molecule has 0 amide bonds. The van der Waals surface area contributed by atoms with Gasteiger partial charge in [-0.05, 0) is 29.8 Å². The Morgan fingerprint density at radius 1 is 1.16 bits per heavy atom. The smallest absolute Gasteiger partial charge is 0.161 e. The first-order chi connectivity index (χ1) is 9.17. The van der Waals surface area contributed by atoms with Crippen LogP contribution < -0.4 is 15.2 Å². The van der Waals surface area contributed by atoms with Gasteiger partial charge < -0.3 is 15.2 Å². The minimum Gasteiger partial charge on any atom is -0.493 e. The van der Waals surface area contributed by atoms with Crippen LogP contribution in [0.3, 0.4) is 0 Å². The minimum absolute atomic E-state index is 0.409. The molecule has 2 rings (SSSR count). The molecular weight excluding hydrogens is 264 g/mol. The summed E-state index contributed by atoms with van der Waals surface area (Å²) in [5, 5.41) is 0.546. The third-order valence-electron chi connectivity index (χ3n) is 2.85. The number of nitrogens with zero attached hydrogens (tertiary/aromatic N) is 1. The van der Waals surface area contributed by atoms with Crippen molar-refractivity contribution in [3.63, 3.8) is 0 Å². The monoisotopic (exact) mass is 278 g/mol. The minimum atomic E-state index is -0.409. The van der Waals surface area contributed by atoms with E-state index in [9.17, 15) is 0 Å². The fourth-order valence-corrected chi connectivity index (χ4v) is 2.07. The summed E-state index contributed by atoms with van der Waals surface area (Å²) in [6.07, 6.45) is 1.67. The van der Waals surface area contributed by atoms with Crippen molar-refractivity contribution in [2.24, 2.45) is 5.73 Å². The molecule has 0 fully saturated rings. The van der Waals surface area contributed by atoms with E-state index in [0.29, 0.717) is 22.2 Å². The predicted octanol–water partition coefficient (Wildman–Crippen LogP) is 2.80. The molecule has 2 aromatic rings. The van der Waals surface area contributed by atoms with Crippen LogP contribution in [0.5, 0.6) is 11.5 Å². The number of nitrogens with two attached hydrogens (primary N) is 1. The Bertz CT molecular complexity index is 575. The molecule has 0 aliphatic carbocycles. The third-order valence-corrected chi connectivity index (χ3v) is 3.17. The van der Waals surface area contributed by atoms with Crippen LogP contribution in [0.15, 0.2) is 36.5 Å². The van der Waals surface area contributed by atoms with Gasteiger partial charge in [0.15, 0.2) is 11.5 Å². The van der Waals surface area contributed by atoms with Crippen molar-refractivity contribution in [2.75, 3.05) is 14.2 Å². The van der Waals surface area contributed by atoms with Crippen LogP contribution >= 0.6 is 11.6 Å². The van der Waals surface area contributed by atoms with Gasteiger partial charge in [0.05, 0.1) is 31.0 Å². The molecule has 5 heteroatoms. The standard InChI is InChI=1S/C14H15ClN2O2/c1-18-11-6-5-9(8-12(11)19-2)13(16)14-10(15)4-3-7-17-14/h3-8,13H,16H2,1-2H3. The molecule has 1 heterocycles. The molecule has 0 saturated heterocycles. The van der Waals surface area contributed by atoms with E-state index in [1.807, 2.05) is 18.2 Å². The SMILES string of the molecule is COc1ccc(C(N)c2ncccc2Cl)cc1OC. The zero-order chi connectivity index (χ0) is 13.8. The number of methoxy groups -OCH3 is 2. The molecule has 0 spiro atoms. The molecule has 1 atom stereocenters. The first-order valence-corrected chi connectivity index (χ1v) is 6.13. The highest BCUT2D eigenvalue weighted by molar-refractivity contribution is 6.31. The lowest BCUT2D eigenvalue weighted by molar-refractivity contribution is 0.354. The maximum Gasteiger partial charge on any atom is 0.161 e. The van der Waals surface area contributed by atoms with Crippen molar-refractivity contribution >= 4 is 11.6 Å². The average molecular weight is 279 g/mol. The highest BCUT2D eigenvalue weighted by Crippen LogP contribution is 2.32. The number of pyridine rings is 1. The normalized spacial score (nSPS) is 12.0. The van der Waals surface area contributed by atoms with Gasteiger partial charge in [0.25, 0.3) is 0 Å². The van der Waals surface area contributed by atoms with E-state index < -0.39 is 6.04 Å². The van der Waals surface area contributed by atoms with Crippen LogP contribution in [-0.2, 0) is 0 Å². The van der Waals surface area contributed by atoms with E-state index in [1.165, 1.54) is 0 Å². The molecule has 0 saturated carbocycles. The first kappa shape index (κ1) is 13.6. The van der Waals surface area contributed by atoms with Crippen LogP contribution in [0.25, 0.3) is 0 Å². The molecule has 0 radical (unpaired) electrons. The van der Waals surface area contributed by atoms with Gasteiger partial charge >= 0.3 is 0 Å². The summed E-state index contributed by atoms with van der Waals surface area (Å²) in [5.41, 5.74) is 7.68. The average Bonchev–Trinajstić information content (AvgIpc) is 2.46. The van der Waals surface area contributed by atoms with E-state index in [4.69, 9.17) is 26.8 Å². The zero-order valence-electron chi connectivity index (χ0n) is 10.8. The van der Waals surface area contributed by atoms with Crippen LogP contribution in [0, 0.1) is 0 Å². The Labute approximate surface area is 117 Å². The van der Waals surface area contributed by atoms with Gasteiger partial charge in [-0.2, -0.15) is 0 Å². The van der Waals surface area contributed by atoms with Gasteiger partial charge in [-0.1, -0.05) is 17.7 Å². The summed E-state index contributed by atoms with van der Waals surface area (Å²) in [6, 6.07) is 8.64. The van der Waals surface area contributed by atoms with Crippen molar-refractivity contribution in [3.05, 3.63) is 52.8 Å². The molecule has 1 aromatic carbocycles. The van der Waals surface area contributed by atoms with Gasteiger partial charge in [-0.25, -0.2) is 0 Å². The predicted molar refractivity (Wildman–Crippen MR) is 74.8 cm³/mol. The Balaban J connectivity index is 2.39. The molecule has 1 aromatic heterocycles. The summed E-state index contributed by atoms with van der Waals surface area (Å²) in [5.74, 6) is 1.29. The Morgan fingerprint density at radius 2 is 1.89 bits per heavy atom. The molecule has 4 nitrogen and oxygen atoms in total. The van der Waals surface area contributed by atoms with Crippen molar-refractivity contribution < 1.29 is 9.47 Å². The van der Waals surface area contributed by atoms with Crippen molar-refractivity contribution in [3.8, 4) is 11.5 Å². The summed E-state index contributed by atoms with van der Waals surface area (Å²) >= 11 is 6.10. The van der Waals surface area contributed by atoms with Gasteiger partial charge in [0, 0.05) is 6.20 Å². The molecule has 0 bridgehead atoms. The van der Waals surface area contributed by atoms with Gasteiger partial charge in [0.1, 0.15) is 0 Å². The third kappa shape index (κ3) is 2.80. The number of rotatable bonds is 4. The van der Waals surface area contributed by atoms with E-state index in [1.54, 1.807) is 32.5 Å².